The molecule has 122 valence electrons. The van der Waals surface area contributed by atoms with Crippen molar-refractivity contribution in [2.24, 2.45) is 11.8 Å². The van der Waals surface area contributed by atoms with E-state index in [1.54, 1.807) is 0 Å². The quantitative estimate of drug-likeness (QED) is 0.848. The molecule has 0 aromatic heterocycles. The minimum Gasteiger partial charge on any atom is -0.353 e. The second kappa shape index (κ2) is 8.33. The van der Waals surface area contributed by atoms with Crippen LogP contribution in [0, 0.1) is 18.8 Å². The van der Waals surface area contributed by atoms with Crippen molar-refractivity contribution < 1.29 is 4.79 Å². The van der Waals surface area contributed by atoms with Crippen LogP contribution in [0.15, 0.2) is 24.3 Å². The third-order valence-corrected chi connectivity index (χ3v) is 4.89. The minimum absolute atomic E-state index is 0.189. The van der Waals surface area contributed by atoms with Crippen LogP contribution in [0.4, 0.5) is 0 Å². The summed E-state index contributed by atoms with van der Waals surface area (Å²) >= 11 is 0. The summed E-state index contributed by atoms with van der Waals surface area (Å²) in [6.07, 6.45) is 3.96. The van der Waals surface area contributed by atoms with Gasteiger partial charge in [0, 0.05) is 12.5 Å². The first-order valence-corrected chi connectivity index (χ1v) is 8.61. The van der Waals surface area contributed by atoms with Gasteiger partial charge in [-0.2, -0.15) is 0 Å². The van der Waals surface area contributed by atoms with Crippen LogP contribution in [-0.2, 0) is 11.2 Å². The molecule has 1 aliphatic heterocycles. The van der Waals surface area contributed by atoms with Gasteiger partial charge < -0.3 is 10.6 Å². The van der Waals surface area contributed by atoms with Crippen LogP contribution < -0.4 is 10.6 Å². The monoisotopic (exact) mass is 302 g/mol. The van der Waals surface area contributed by atoms with Gasteiger partial charge in [0.15, 0.2) is 0 Å². The number of benzene rings is 1. The zero-order valence-corrected chi connectivity index (χ0v) is 14.2. The topological polar surface area (TPSA) is 41.1 Å². The predicted octanol–water partition coefficient (Wildman–Crippen LogP) is 3.07. The van der Waals surface area contributed by atoms with Gasteiger partial charge in [0.25, 0.3) is 0 Å². The van der Waals surface area contributed by atoms with Gasteiger partial charge in [0.05, 0.1) is 0 Å². The first kappa shape index (κ1) is 17.0. The molecule has 1 aliphatic rings. The van der Waals surface area contributed by atoms with Gasteiger partial charge in [-0.1, -0.05) is 31.2 Å². The van der Waals surface area contributed by atoms with Gasteiger partial charge in [-0.05, 0) is 69.2 Å². The molecule has 0 radical (unpaired) electrons. The van der Waals surface area contributed by atoms with E-state index in [1.807, 2.05) is 0 Å². The van der Waals surface area contributed by atoms with Crippen LogP contribution in [0.2, 0.25) is 0 Å². The Balaban J connectivity index is 1.77. The van der Waals surface area contributed by atoms with Crippen LogP contribution in [0.1, 0.15) is 44.2 Å². The molecule has 22 heavy (non-hydrogen) atoms. The summed E-state index contributed by atoms with van der Waals surface area (Å²) in [5.41, 5.74) is 2.62. The Morgan fingerprint density at radius 1 is 1.27 bits per heavy atom. The Kier molecular flexibility index (Phi) is 6.44. The summed E-state index contributed by atoms with van der Waals surface area (Å²) in [6, 6.07) is 8.59. The van der Waals surface area contributed by atoms with Crippen molar-refractivity contribution in [1.29, 1.82) is 0 Å². The van der Waals surface area contributed by atoms with Gasteiger partial charge in [-0.15, -0.1) is 0 Å². The van der Waals surface area contributed by atoms with Crippen molar-refractivity contribution in [3.8, 4) is 0 Å². The van der Waals surface area contributed by atoms with E-state index in [2.05, 4.69) is 55.7 Å². The zero-order valence-electron chi connectivity index (χ0n) is 14.2. The van der Waals surface area contributed by atoms with Gasteiger partial charge in [-0.25, -0.2) is 0 Å². The number of carbonyl (C=O) groups excluding carboxylic acids is 1. The second-order valence-corrected chi connectivity index (χ2v) is 6.87. The lowest BCUT2D eigenvalue weighted by Crippen LogP contribution is -2.37. The molecule has 1 fully saturated rings. The average Bonchev–Trinajstić information content (AvgIpc) is 2.50. The van der Waals surface area contributed by atoms with Crippen LogP contribution in [-0.4, -0.2) is 25.0 Å². The molecule has 1 heterocycles. The first-order chi connectivity index (χ1) is 10.6. The molecule has 2 unspecified atom stereocenters. The molecule has 3 heteroatoms. The normalized spacial score (nSPS) is 18.7. The molecule has 1 saturated heterocycles. The van der Waals surface area contributed by atoms with E-state index in [4.69, 9.17) is 0 Å². The smallest absolute Gasteiger partial charge is 0.220 e. The molecule has 2 rings (SSSR count). The summed E-state index contributed by atoms with van der Waals surface area (Å²) in [7, 11) is 0. The summed E-state index contributed by atoms with van der Waals surface area (Å²) in [4.78, 5) is 12.3. The number of amides is 1. The second-order valence-electron chi connectivity index (χ2n) is 6.87. The van der Waals surface area contributed by atoms with E-state index >= 15 is 0 Å². The number of rotatable bonds is 6. The van der Waals surface area contributed by atoms with E-state index < -0.39 is 0 Å². The predicted molar refractivity (Wildman–Crippen MR) is 91.9 cm³/mol. The molecule has 1 aromatic rings. The van der Waals surface area contributed by atoms with Gasteiger partial charge in [0.2, 0.25) is 5.91 Å². The van der Waals surface area contributed by atoms with Crippen LogP contribution in [0.3, 0.4) is 0 Å². The van der Waals surface area contributed by atoms with E-state index in [1.165, 1.54) is 24.0 Å². The van der Waals surface area contributed by atoms with Crippen molar-refractivity contribution in [3.63, 3.8) is 0 Å². The maximum absolute atomic E-state index is 12.3. The van der Waals surface area contributed by atoms with Crippen LogP contribution in [0.5, 0.6) is 0 Å². The zero-order chi connectivity index (χ0) is 15.9. The van der Waals surface area contributed by atoms with Crippen molar-refractivity contribution in [1.82, 2.24) is 10.6 Å². The third-order valence-electron chi connectivity index (χ3n) is 4.89. The minimum atomic E-state index is 0.189. The fourth-order valence-corrected chi connectivity index (χ4v) is 3.43. The average molecular weight is 302 g/mol. The number of nitrogens with one attached hydrogen (secondary N) is 2. The molecule has 2 atom stereocenters. The maximum Gasteiger partial charge on any atom is 0.220 e. The number of hydrogen-bond donors (Lipinski definition) is 2. The fourth-order valence-electron chi connectivity index (χ4n) is 3.43. The molecule has 1 amide bonds. The molecular weight excluding hydrogens is 272 g/mol. The number of carbonyl (C=O) groups is 1. The lowest BCUT2D eigenvalue weighted by atomic mass is 9.84. The molecule has 1 aromatic carbocycles. The molecule has 3 nitrogen and oxygen atoms in total. The fraction of sp³-hybridized carbons (Fsp3) is 0.632. The van der Waals surface area contributed by atoms with Crippen molar-refractivity contribution in [3.05, 3.63) is 35.4 Å². The van der Waals surface area contributed by atoms with Crippen molar-refractivity contribution >= 4 is 5.91 Å². The molecule has 0 saturated carbocycles. The Morgan fingerprint density at radius 3 is 2.64 bits per heavy atom. The van der Waals surface area contributed by atoms with Gasteiger partial charge in [0.1, 0.15) is 0 Å². The molecular formula is C19H30N2O. The highest BCUT2D eigenvalue weighted by molar-refractivity contribution is 5.76. The number of piperidine rings is 1. The summed E-state index contributed by atoms with van der Waals surface area (Å²) < 4.78 is 0. The molecule has 0 spiro atoms. The Hall–Kier alpha value is -1.35. The number of hydrogen-bond acceptors (Lipinski definition) is 2. The summed E-state index contributed by atoms with van der Waals surface area (Å²) in [5, 5.41) is 6.56. The van der Waals surface area contributed by atoms with E-state index in [0.29, 0.717) is 18.3 Å². The van der Waals surface area contributed by atoms with E-state index in [0.717, 1.165) is 19.5 Å². The highest BCUT2D eigenvalue weighted by Crippen LogP contribution is 2.24. The Labute approximate surface area is 134 Å². The Morgan fingerprint density at radius 2 is 1.95 bits per heavy atom. The van der Waals surface area contributed by atoms with Gasteiger partial charge in [-0.3, -0.25) is 4.79 Å². The van der Waals surface area contributed by atoms with Gasteiger partial charge >= 0.3 is 0 Å². The number of aryl methyl sites for hydroxylation is 1. The van der Waals surface area contributed by atoms with E-state index in [-0.39, 0.29) is 11.9 Å². The highest BCUT2D eigenvalue weighted by Gasteiger charge is 2.22. The highest BCUT2D eigenvalue weighted by atomic mass is 16.1. The molecule has 0 aliphatic carbocycles. The molecule has 0 bridgehead atoms. The largest absolute Gasteiger partial charge is 0.353 e. The third kappa shape index (κ3) is 5.13. The van der Waals surface area contributed by atoms with E-state index in [9.17, 15) is 4.79 Å². The van der Waals surface area contributed by atoms with Crippen molar-refractivity contribution in [2.75, 3.05) is 13.1 Å². The standard InChI is InChI=1S/C19H30N2O/c1-14-6-4-5-7-18(14)13-16(3)21-19(22)12-15(2)17-8-10-20-11-9-17/h4-7,15-17,20H,8-13H2,1-3H3,(H,21,22). The summed E-state index contributed by atoms with van der Waals surface area (Å²) in [5.74, 6) is 1.37. The lowest BCUT2D eigenvalue weighted by Gasteiger charge is -2.28. The van der Waals surface area contributed by atoms with Crippen LogP contribution >= 0.6 is 0 Å². The maximum atomic E-state index is 12.3. The first-order valence-electron chi connectivity index (χ1n) is 8.61. The lowest BCUT2D eigenvalue weighted by molar-refractivity contribution is -0.122. The summed E-state index contributed by atoms with van der Waals surface area (Å²) in [6.45, 7) is 8.64. The molecule has 2 N–H and O–H groups in total. The van der Waals surface area contributed by atoms with Crippen LogP contribution in [0.25, 0.3) is 0 Å². The SMILES string of the molecule is Cc1ccccc1CC(C)NC(=O)CC(C)C1CCNCC1. The Bertz CT molecular complexity index is 480. The van der Waals surface area contributed by atoms with Crippen molar-refractivity contribution in [2.45, 2.75) is 52.5 Å².